The first-order valence-corrected chi connectivity index (χ1v) is 38.2. The van der Waals surface area contributed by atoms with Crippen LogP contribution in [-0.4, -0.2) is 231 Å². The van der Waals surface area contributed by atoms with Crippen LogP contribution in [0.15, 0.2) is 167 Å². The zero-order chi connectivity index (χ0) is 82.2. The minimum Gasteiger partial charge on any atom is -0.495 e. The molecule has 10 atom stereocenters. The van der Waals surface area contributed by atoms with Gasteiger partial charge in [0.1, 0.15) is 79.3 Å². The number of para-hydroxylation sites is 2. The van der Waals surface area contributed by atoms with Crippen LogP contribution in [0, 0.1) is 11.8 Å². The number of pyridine rings is 2. The summed E-state index contributed by atoms with van der Waals surface area (Å²) in [6, 6.07) is 33.7. The number of carbonyl (C=O) groups excluding carboxylic acids is 4. The van der Waals surface area contributed by atoms with Gasteiger partial charge in [-0.1, -0.05) is 97.1 Å². The third-order valence-corrected chi connectivity index (χ3v) is 21.9. The summed E-state index contributed by atoms with van der Waals surface area (Å²) in [7, 11) is 3.05. The number of oxazole rings is 2. The maximum atomic E-state index is 14.9. The van der Waals surface area contributed by atoms with Gasteiger partial charge >= 0.3 is 12.4 Å². The van der Waals surface area contributed by atoms with Crippen LogP contribution in [0.3, 0.4) is 0 Å². The van der Waals surface area contributed by atoms with E-state index >= 15 is 0 Å². The number of piperazine rings is 2. The highest BCUT2D eigenvalue weighted by Gasteiger charge is 2.55. The largest absolute Gasteiger partial charge is 0.495 e. The van der Waals surface area contributed by atoms with Gasteiger partial charge in [-0.05, 0) is 103 Å². The van der Waals surface area contributed by atoms with E-state index in [9.17, 15) is 60.8 Å². The molecule has 0 radical (unpaired) electrons. The number of nitrogens with zero attached hydrogens (tertiary/aromatic N) is 9. The molecule has 3 fully saturated rings. The SMILES string of the molecule is COc1cncc(-c2cnc(C(C)(C)N3CCN(C[C@@H](O)C[C@@H](Cc4ccccc4)C(=O)N4[C@H]5c6ccccc6OC[C@H]5OC4(C)C)[C@H](C(=O)NCC(F)(F)F)C3)o2)c1.COc1cncc(-c2cnc(C(C)(C)N3CCN(C[C@@H](O)C[C@@H](Cc4ccccc4)C(=O)N[C@H]4c5ccccc5OC[C@H]4O)[C@H](C(=O)NCC(F)(F)F)C3)o2)c1.Cl. The zero-order valence-electron chi connectivity index (χ0n) is 65.6. The number of hydrogen-bond donors (Lipinski definition) is 6. The van der Waals surface area contributed by atoms with Gasteiger partial charge in [0.25, 0.3) is 0 Å². The van der Waals surface area contributed by atoms with Gasteiger partial charge < -0.3 is 68.7 Å². The van der Waals surface area contributed by atoms with Crippen LogP contribution in [0.2, 0.25) is 0 Å². The number of benzene rings is 4. The van der Waals surface area contributed by atoms with Crippen LogP contribution in [-0.2, 0) is 47.8 Å². The monoisotopic (exact) mass is 1640 g/mol. The normalized spacial score (nSPS) is 20.9. The Hall–Kier alpha value is -9.77. The highest BCUT2D eigenvalue weighted by atomic mass is 35.5. The number of β-amino-alcohol motifs (C(OH)–C–C–N with tert-alkyl or cyclic N) is 2. The Kier molecular flexibility index (Phi) is 27.9. The van der Waals surface area contributed by atoms with Gasteiger partial charge in [-0.15, -0.1) is 12.4 Å². The molecule has 0 spiro atoms. The van der Waals surface area contributed by atoms with Crippen LogP contribution in [0.5, 0.6) is 23.0 Å². The molecule has 5 aliphatic heterocycles. The summed E-state index contributed by atoms with van der Waals surface area (Å²) in [6.07, 6.45) is -2.89. The number of methoxy groups -OCH3 is 2. The lowest BCUT2D eigenvalue weighted by atomic mass is 9.89. The molecule has 4 aromatic heterocycles. The number of carbonyl (C=O) groups is 4. The Morgan fingerprint density at radius 2 is 1.03 bits per heavy atom. The van der Waals surface area contributed by atoms with Crippen LogP contribution in [0.1, 0.15) is 101 Å². The van der Waals surface area contributed by atoms with Crippen molar-refractivity contribution in [2.45, 2.75) is 145 Å². The lowest BCUT2D eigenvalue weighted by molar-refractivity contribution is -0.153. The predicted molar refractivity (Wildman–Crippen MR) is 416 cm³/mol. The van der Waals surface area contributed by atoms with Crippen molar-refractivity contribution in [3.63, 3.8) is 0 Å². The van der Waals surface area contributed by atoms with Crippen molar-refractivity contribution in [3.8, 4) is 45.6 Å². The van der Waals surface area contributed by atoms with Gasteiger partial charge in [-0.3, -0.25) is 48.7 Å². The number of aromatic nitrogens is 4. The number of fused-ring (bicyclic) bond motifs is 4. The highest BCUT2D eigenvalue weighted by Crippen LogP contribution is 2.49. The number of halogens is 7. The van der Waals surface area contributed by atoms with Crippen LogP contribution in [0.4, 0.5) is 26.3 Å². The van der Waals surface area contributed by atoms with E-state index in [1.165, 1.54) is 14.2 Å². The summed E-state index contributed by atoms with van der Waals surface area (Å²) >= 11 is 0. The Labute approximate surface area is 674 Å². The molecule has 116 heavy (non-hydrogen) atoms. The molecular weight excluding hydrogens is 1540 g/mol. The summed E-state index contributed by atoms with van der Waals surface area (Å²) < 4.78 is 121. The molecule has 26 nitrogen and oxygen atoms in total. The molecule has 8 aromatic rings. The van der Waals surface area contributed by atoms with E-state index in [1.54, 1.807) is 88.3 Å². The van der Waals surface area contributed by atoms with E-state index < -0.39 is 120 Å². The standard InChI is InChI=1S/C43H51F3N6O7.C40H47F3N6O7.ClH/c1-41(2,40-48-22-35(58-40)29-19-31(56-5)21-47-20-29)51-16-15-50(33(24-51)38(54)49-26-43(44,45)46)23-30(53)18-28(17-27-11-7-6-8-12-27)39(55)52-37-32-13-9-10-14-34(32)57-25-36(37)59-42(52,3)4;1-39(2,38-45-20-34(56-38)27-17-29(54-3)19-44-18-27)49-14-13-48(31(22-49)37(53)46-24-40(41,42)43)21-28(50)16-26(15-25-9-5-4-6-10-25)36(52)47-35-30-11-7-8-12-33(30)55-23-32(35)51;/h6-14,19-22,28,30,33,36-37,53H,15-18,23-26H2,1-5H3,(H,49,54);4-12,17-20,26,28,31-32,35,50-51H,13-16,21-24H2,1-3H3,(H,46,53)(H,47,52);1H/t28-,30+,33+,36-,37+;26-,28+,31+,32-,35+;/m11./s1. The molecule has 0 saturated carbocycles. The molecule has 624 valence electrons. The molecule has 33 heteroatoms. The molecule has 13 rings (SSSR count). The second-order valence-electron chi connectivity index (χ2n) is 31.0. The Morgan fingerprint density at radius 3 is 1.51 bits per heavy atom. The summed E-state index contributed by atoms with van der Waals surface area (Å²) in [6.45, 7) is 9.40. The van der Waals surface area contributed by atoms with E-state index in [2.05, 4.69) is 30.6 Å². The van der Waals surface area contributed by atoms with Crippen LogP contribution >= 0.6 is 12.4 Å². The van der Waals surface area contributed by atoms with Crippen molar-refractivity contribution in [3.05, 3.63) is 193 Å². The van der Waals surface area contributed by atoms with Crippen molar-refractivity contribution in [2.24, 2.45) is 11.8 Å². The number of ether oxygens (including phenoxy) is 5. The fourth-order valence-corrected chi connectivity index (χ4v) is 15.8. The first-order chi connectivity index (χ1) is 54.7. The number of alkyl halides is 6. The predicted octanol–water partition coefficient (Wildman–Crippen LogP) is 9.64. The molecule has 4 amide bonds. The summed E-state index contributed by atoms with van der Waals surface area (Å²) in [5, 5.41) is 41.3. The smallest absolute Gasteiger partial charge is 0.405 e. The third kappa shape index (κ3) is 21.1. The van der Waals surface area contributed by atoms with Gasteiger partial charge in [0.05, 0.1) is 74.4 Å². The van der Waals surface area contributed by atoms with Gasteiger partial charge in [-0.2, -0.15) is 26.3 Å². The number of amides is 4. The van der Waals surface area contributed by atoms with Crippen LogP contribution < -0.4 is 34.9 Å². The summed E-state index contributed by atoms with van der Waals surface area (Å²) in [4.78, 5) is 82.4. The average Bonchev–Trinajstić information content (AvgIpc) is 1.58. The summed E-state index contributed by atoms with van der Waals surface area (Å²) in [5.74, 6) is 0.0966. The van der Waals surface area contributed by atoms with Crippen molar-refractivity contribution in [1.82, 2.24) is 60.4 Å². The molecule has 4 aromatic carbocycles. The Balaban J connectivity index is 0.000000226. The molecule has 3 saturated heterocycles. The Bertz CT molecular complexity index is 4620. The van der Waals surface area contributed by atoms with Gasteiger partial charge in [0.2, 0.25) is 35.4 Å². The summed E-state index contributed by atoms with van der Waals surface area (Å²) in [5.41, 5.74) is 1.72. The Morgan fingerprint density at radius 1 is 0.586 bits per heavy atom. The van der Waals surface area contributed by atoms with Crippen LogP contribution in [0.25, 0.3) is 22.6 Å². The lowest BCUT2D eigenvalue weighted by Crippen LogP contribution is -2.63. The molecule has 9 heterocycles. The fourth-order valence-electron chi connectivity index (χ4n) is 15.8. The van der Waals surface area contributed by atoms with E-state index in [0.29, 0.717) is 82.5 Å². The second-order valence-corrected chi connectivity index (χ2v) is 31.0. The van der Waals surface area contributed by atoms with E-state index in [0.717, 1.165) is 16.7 Å². The average molecular weight is 1640 g/mol. The topological polar surface area (TPSA) is 305 Å². The quantitative estimate of drug-likeness (QED) is 0.0261. The zero-order valence-corrected chi connectivity index (χ0v) is 66.4. The number of nitrogens with one attached hydrogen (secondary N) is 3. The second kappa shape index (κ2) is 37.2. The molecular formula is C83H99ClF6N12O14. The number of aliphatic hydroxyl groups excluding tert-OH is 3. The maximum Gasteiger partial charge on any atom is 0.405 e. The van der Waals surface area contributed by atoms with Gasteiger partial charge in [0.15, 0.2) is 11.5 Å². The lowest BCUT2D eigenvalue weighted by Gasteiger charge is -2.46. The van der Waals surface area contributed by atoms with Crippen molar-refractivity contribution >= 4 is 36.0 Å². The number of rotatable bonds is 27. The fraction of sp³-hybridized carbons (Fsp3) is 0.470. The van der Waals surface area contributed by atoms with Gasteiger partial charge in [-0.25, -0.2) is 9.97 Å². The first-order valence-electron chi connectivity index (χ1n) is 38.2. The van der Waals surface area contributed by atoms with Crippen molar-refractivity contribution < 1.29 is 93.4 Å². The van der Waals surface area contributed by atoms with E-state index in [-0.39, 0.29) is 90.1 Å². The first kappa shape index (κ1) is 87.1. The highest BCUT2D eigenvalue weighted by molar-refractivity contribution is 5.85. The minimum absolute atomic E-state index is 0. The number of hydrogen-bond acceptors (Lipinski definition) is 22. The molecule has 0 unspecified atom stereocenters. The molecule has 0 aliphatic carbocycles. The molecule has 6 N–H and O–H groups in total. The third-order valence-electron chi connectivity index (χ3n) is 21.9. The van der Waals surface area contributed by atoms with Crippen molar-refractivity contribution in [2.75, 3.05) is 92.9 Å². The minimum atomic E-state index is -4.63. The maximum absolute atomic E-state index is 14.9. The van der Waals surface area contributed by atoms with E-state index in [1.807, 2.05) is 142 Å². The van der Waals surface area contributed by atoms with E-state index in [4.69, 9.17) is 32.5 Å². The number of aliphatic hydroxyl groups is 3. The molecule has 0 bridgehead atoms. The molecule has 5 aliphatic rings. The van der Waals surface area contributed by atoms with Crippen molar-refractivity contribution in [1.29, 1.82) is 0 Å². The van der Waals surface area contributed by atoms with Gasteiger partial charge in [0, 0.05) is 98.8 Å².